The van der Waals surface area contributed by atoms with Crippen molar-refractivity contribution in [2.45, 2.75) is 0 Å². The molecule has 33 heavy (non-hydrogen) atoms. The average molecular weight is 472 g/mol. The minimum atomic E-state index is -0.506. The largest absolute Gasteiger partial charge is 0.495 e. The zero-order valence-electron chi connectivity index (χ0n) is 18.4. The number of hydrogen-bond donors (Lipinski definition) is 1. The van der Waals surface area contributed by atoms with E-state index in [4.69, 9.17) is 14.5 Å². The summed E-state index contributed by atoms with van der Waals surface area (Å²) in [4.78, 5) is 32.0. The molecule has 2 heterocycles. The Morgan fingerprint density at radius 2 is 1.88 bits per heavy atom. The van der Waals surface area contributed by atoms with Crippen molar-refractivity contribution in [3.63, 3.8) is 0 Å². The minimum absolute atomic E-state index is 0.0936. The van der Waals surface area contributed by atoms with E-state index in [0.717, 1.165) is 53.0 Å². The third-order valence-corrected chi connectivity index (χ3v) is 6.71. The number of rotatable bonds is 8. The van der Waals surface area contributed by atoms with Crippen LogP contribution in [-0.2, 0) is 0 Å². The van der Waals surface area contributed by atoms with E-state index in [1.54, 1.807) is 31.6 Å². The van der Waals surface area contributed by atoms with Crippen LogP contribution in [0, 0.1) is 10.1 Å². The van der Waals surface area contributed by atoms with Gasteiger partial charge >= 0.3 is 0 Å². The Hall–Kier alpha value is -3.44. The number of amides is 1. The van der Waals surface area contributed by atoms with Gasteiger partial charge in [0, 0.05) is 57.0 Å². The highest BCUT2D eigenvalue weighted by atomic mass is 32.1. The van der Waals surface area contributed by atoms with Gasteiger partial charge in [0.15, 0.2) is 5.13 Å². The van der Waals surface area contributed by atoms with Crippen LogP contribution in [0.4, 0.5) is 10.8 Å². The van der Waals surface area contributed by atoms with Gasteiger partial charge in [-0.25, -0.2) is 4.98 Å². The van der Waals surface area contributed by atoms with Crippen LogP contribution in [0.15, 0.2) is 36.4 Å². The molecule has 0 unspecified atom stereocenters. The number of thiazole rings is 1. The summed E-state index contributed by atoms with van der Waals surface area (Å²) in [6.45, 7) is 4.51. The highest BCUT2D eigenvalue weighted by Gasteiger charge is 2.22. The van der Waals surface area contributed by atoms with E-state index in [2.05, 4.69) is 15.1 Å². The smallest absolute Gasteiger partial charge is 0.270 e. The van der Waals surface area contributed by atoms with E-state index in [1.807, 2.05) is 12.1 Å². The first-order chi connectivity index (χ1) is 16.0. The molecule has 1 aliphatic heterocycles. The first-order valence-corrected chi connectivity index (χ1v) is 11.3. The Kier molecular flexibility index (Phi) is 6.90. The van der Waals surface area contributed by atoms with Crippen molar-refractivity contribution in [3.05, 3.63) is 52.1 Å². The van der Waals surface area contributed by atoms with Crippen molar-refractivity contribution < 1.29 is 19.2 Å². The van der Waals surface area contributed by atoms with Gasteiger partial charge in [-0.1, -0.05) is 17.4 Å². The van der Waals surface area contributed by atoms with Crippen molar-refractivity contribution in [2.75, 3.05) is 58.4 Å². The standard InChI is InChI=1S/C22H25N5O5S/c1-31-17-6-7-18(32-2)20-19(17)24-22(33-20)26-12-10-25(11-13-26)9-8-23-21(28)15-4-3-5-16(14-15)27(29)30/h3-7,14H,8-13H2,1-2H3,(H,23,28). The number of fused-ring (bicyclic) bond motifs is 1. The molecule has 0 aliphatic carbocycles. The molecule has 1 N–H and O–H groups in total. The van der Waals surface area contributed by atoms with Gasteiger partial charge in [0.1, 0.15) is 21.7 Å². The summed E-state index contributed by atoms with van der Waals surface area (Å²) in [5.41, 5.74) is 1.00. The van der Waals surface area contributed by atoms with Crippen molar-refractivity contribution in [1.82, 2.24) is 15.2 Å². The molecule has 174 valence electrons. The Labute approximate surface area is 194 Å². The quantitative estimate of drug-likeness (QED) is 0.395. The van der Waals surface area contributed by atoms with Gasteiger partial charge in [-0.2, -0.15) is 0 Å². The van der Waals surface area contributed by atoms with E-state index in [1.165, 1.54) is 18.2 Å². The lowest BCUT2D eigenvalue weighted by atomic mass is 10.2. The maximum atomic E-state index is 12.3. The van der Waals surface area contributed by atoms with Crippen molar-refractivity contribution in [3.8, 4) is 11.5 Å². The van der Waals surface area contributed by atoms with Gasteiger partial charge in [0.05, 0.1) is 19.1 Å². The maximum absolute atomic E-state index is 12.3. The van der Waals surface area contributed by atoms with E-state index in [-0.39, 0.29) is 17.2 Å². The van der Waals surface area contributed by atoms with Gasteiger partial charge in [-0.05, 0) is 18.2 Å². The lowest BCUT2D eigenvalue weighted by Crippen LogP contribution is -2.48. The molecule has 1 aromatic heterocycles. The van der Waals surface area contributed by atoms with Crippen molar-refractivity contribution in [1.29, 1.82) is 0 Å². The van der Waals surface area contributed by atoms with Gasteiger partial charge in [0.25, 0.3) is 11.6 Å². The predicted octanol–water partition coefficient (Wildman–Crippen LogP) is 2.77. The molecular formula is C22H25N5O5S. The molecule has 0 bridgehead atoms. The van der Waals surface area contributed by atoms with E-state index >= 15 is 0 Å². The van der Waals surface area contributed by atoms with Crippen LogP contribution in [0.5, 0.6) is 11.5 Å². The number of hydrogen-bond acceptors (Lipinski definition) is 9. The maximum Gasteiger partial charge on any atom is 0.270 e. The van der Waals surface area contributed by atoms with Gasteiger partial charge in [0.2, 0.25) is 0 Å². The highest BCUT2D eigenvalue weighted by molar-refractivity contribution is 7.22. The fourth-order valence-electron chi connectivity index (χ4n) is 3.76. The summed E-state index contributed by atoms with van der Waals surface area (Å²) in [6, 6.07) is 9.50. The molecule has 1 aliphatic rings. The second-order valence-corrected chi connectivity index (χ2v) is 8.51. The number of nitro benzene ring substituents is 1. The Balaban J connectivity index is 1.30. The van der Waals surface area contributed by atoms with Crippen LogP contribution in [-0.4, -0.2) is 74.2 Å². The third kappa shape index (κ3) is 4.99. The molecule has 0 atom stereocenters. The second-order valence-electron chi connectivity index (χ2n) is 7.54. The Bertz CT molecular complexity index is 1120. The molecule has 1 fully saturated rings. The average Bonchev–Trinajstić information content (AvgIpc) is 3.29. The third-order valence-electron chi connectivity index (χ3n) is 5.57. The molecule has 1 saturated heterocycles. The van der Waals surface area contributed by atoms with E-state index in [9.17, 15) is 14.9 Å². The zero-order chi connectivity index (χ0) is 23.4. The topological polar surface area (TPSA) is 110 Å². The monoisotopic (exact) mass is 471 g/mol. The Morgan fingerprint density at radius 1 is 1.15 bits per heavy atom. The fraction of sp³-hybridized carbons (Fsp3) is 0.364. The number of benzene rings is 2. The van der Waals surface area contributed by atoms with Crippen LogP contribution < -0.4 is 19.7 Å². The highest BCUT2D eigenvalue weighted by Crippen LogP contribution is 2.40. The lowest BCUT2D eigenvalue weighted by molar-refractivity contribution is -0.384. The van der Waals surface area contributed by atoms with Crippen LogP contribution >= 0.6 is 11.3 Å². The number of nitro groups is 1. The van der Waals surface area contributed by atoms with Crippen LogP contribution in [0.25, 0.3) is 10.2 Å². The summed E-state index contributed by atoms with van der Waals surface area (Å²) in [5.74, 6) is 1.20. The van der Waals surface area contributed by atoms with Crippen molar-refractivity contribution in [2.24, 2.45) is 0 Å². The van der Waals surface area contributed by atoms with Crippen LogP contribution in [0.1, 0.15) is 10.4 Å². The van der Waals surface area contributed by atoms with Gasteiger partial charge in [-0.3, -0.25) is 19.8 Å². The molecule has 3 aromatic rings. The molecule has 1 amide bonds. The first kappa shape index (κ1) is 22.7. The number of aromatic nitrogens is 1. The predicted molar refractivity (Wildman–Crippen MR) is 127 cm³/mol. The molecule has 0 spiro atoms. The second kappa shape index (κ2) is 10.0. The number of carbonyl (C=O) groups is 1. The number of nitrogens with zero attached hydrogens (tertiary/aromatic N) is 4. The normalized spacial score (nSPS) is 14.3. The van der Waals surface area contributed by atoms with E-state index < -0.39 is 4.92 Å². The van der Waals surface area contributed by atoms with Crippen molar-refractivity contribution >= 4 is 38.3 Å². The molecule has 4 rings (SSSR count). The number of ether oxygens (including phenoxy) is 2. The molecular weight excluding hydrogens is 446 g/mol. The fourth-order valence-corrected chi connectivity index (χ4v) is 4.89. The Morgan fingerprint density at radius 3 is 2.58 bits per heavy atom. The summed E-state index contributed by atoms with van der Waals surface area (Å²) >= 11 is 1.59. The minimum Gasteiger partial charge on any atom is -0.495 e. The molecule has 0 saturated carbocycles. The summed E-state index contributed by atoms with van der Waals surface area (Å²) in [7, 11) is 3.29. The molecule has 11 heteroatoms. The van der Waals surface area contributed by atoms with Crippen LogP contribution in [0.2, 0.25) is 0 Å². The molecule has 2 aromatic carbocycles. The number of nitrogens with one attached hydrogen (secondary N) is 1. The SMILES string of the molecule is COc1ccc(OC)c2sc(N3CCN(CCNC(=O)c4cccc([N+](=O)[O-])c4)CC3)nc12. The lowest BCUT2D eigenvalue weighted by Gasteiger charge is -2.34. The number of non-ortho nitro benzene ring substituents is 1. The number of piperazine rings is 1. The number of anilines is 1. The van der Waals surface area contributed by atoms with Gasteiger partial charge < -0.3 is 19.7 Å². The number of methoxy groups -OCH3 is 2. The molecule has 0 radical (unpaired) electrons. The molecule has 10 nitrogen and oxygen atoms in total. The van der Waals surface area contributed by atoms with E-state index in [0.29, 0.717) is 13.1 Å². The summed E-state index contributed by atoms with van der Waals surface area (Å²) in [5, 5.41) is 14.7. The summed E-state index contributed by atoms with van der Waals surface area (Å²) in [6.07, 6.45) is 0. The van der Waals surface area contributed by atoms with Crippen LogP contribution in [0.3, 0.4) is 0 Å². The van der Waals surface area contributed by atoms with Gasteiger partial charge in [-0.15, -0.1) is 0 Å². The summed E-state index contributed by atoms with van der Waals surface area (Å²) < 4.78 is 11.9. The zero-order valence-corrected chi connectivity index (χ0v) is 19.3. The first-order valence-electron chi connectivity index (χ1n) is 10.5. The number of carbonyl (C=O) groups excluding carboxylic acids is 1.